The third-order valence-corrected chi connectivity index (χ3v) is 8.81. The van der Waals surface area contributed by atoms with Crippen molar-refractivity contribution in [1.82, 2.24) is 16.1 Å². The van der Waals surface area contributed by atoms with E-state index < -0.39 is 0 Å². The predicted molar refractivity (Wildman–Crippen MR) is 190 cm³/mol. The monoisotopic (exact) mass is 676 g/mol. The molecule has 0 aliphatic carbocycles. The smallest absolute Gasteiger partial charge is 0.323 e. The first-order valence-corrected chi connectivity index (χ1v) is 17.2. The number of carbonyl (C=O) groups is 2. The van der Waals surface area contributed by atoms with Gasteiger partial charge in [-0.1, -0.05) is 102 Å². The molecule has 2 fully saturated rings. The number of rotatable bonds is 14. The van der Waals surface area contributed by atoms with Gasteiger partial charge in [-0.2, -0.15) is 5.48 Å². The van der Waals surface area contributed by atoms with E-state index >= 15 is 0 Å². The maximum atomic E-state index is 12.8. The molecule has 0 saturated carbocycles. The normalized spacial score (nSPS) is 19.8. The molecule has 0 amide bonds. The Morgan fingerprint density at radius 1 is 0.640 bits per heavy atom. The number of esters is 2. The molecule has 2 heterocycles. The number of carbonyl (C=O) groups excluding carboxylic acids is 2. The van der Waals surface area contributed by atoms with Crippen molar-refractivity contribution >= 4 is 17.7 Å². The molecule has 50 heavy (non-hydrogen) atoms. The van der Waals surface area contributed by atoms with Gasteiger partial charge in [0.25, 0.3) is 0 Å². The van der Waals surface area contributed by atoms with E-state index in [1.54, 1.807) is 0 Å². The quantitative estimate of drug-likeness (QED) is 0.116. The van der Waals surface area contributed by atoms with Crippen molar-refractivity contribution in [3.05, 3.63) is 131 Å². The second-order valence-corrected chi connectivity index (χ2v) is 12.6. The Morgan fingerprint density at radius 2 is 1.22 bits per heavy atom. The maximum absolute atomic E-state index is 12.8. The van der Waals surface area contributed by atoms with Gasteiger partial charge in [-0.15, -0.1) is 0 Å². The van der Waals surface area contributed by atoms with Gasteiger partial charge in [-0.3, -0.25) is 19.7 Å². The van der Waals surface area contributed by atoms with Gasteiger partial charge in [-0.25, -0.2) is 0 Å². The number of ether oxygens (including phenoxy) is 2. The molecule has 0 spiro atoms. The Balaban J connectivity index is 0.895. The second-order valence-electron chi connectivity index (χ2n) is 12.6. The number of hydroxylamine groups is 1. The Labute approximate surface area is 293 Å². The van der Waals surface area contributed by atoms with Gasteiger partial charge in [0.1, 0.15) is 31.9 Å². The summed E-state index contributed by atoms with van der Waals surface area (Å²) in [5.41, 5.74) is 10.1. The minimum Gasteiger partial charge on any atom is -0.460 e. The highest BCUT2D eigenvalue weighted by Gasteiger charge is 2.27. The van der Waals surface area contributed by atoms with Crippen LogP contribution in [0, 0.1) is 0 Å². The van der Waals surface area contributed by atoms with E-state index in [0.29, 0.717) is 45.6 Å². The van der Waals surface area contributed by atoms with E-state index in [4.69, 9.17) is 19.1 Å². The molecule has 2 saturated heterocycles. The topological polar surface area (TPSA) is 120 Å². The molecular weight excluding hydrogens is 632 g/mol. The fraction of sp³-hybridized carbons (Fsp3) is 0.325. The molecule has 0 bridgehead atoms. The van der Waals surface area contributed by atoms with Crippen LogP contribution in [0.2, 0.25) is 0 Å². The third kappa shape index (κ3) is 10.6. The van der Waals surface area contributed by atoms with Crippen molar-refractivity contribution < 1.29 is 28.7 Å². The summed E-state index contributed by atoms with van der Waals surface area (Å²) in [7, 11) is 0. The molecule has 2 aliphatic heterocycles. The average molecular weight is 677 g/mol. The fourth-order valence-corrected chi connectivity index (χ4v) is 5.96. The van der Waals surface area contributed by atoms with Crippen LogP contribution in [0.15, 0.2) is 114 Å². The summed E-state index contributed by atoms with van der Waals surface area (Å²) >= 11 is 0. The average Bonchev–Trinajstić information content (AvgIpc) is 3.17. The molecule has 2 aliphatic rings. The maximum Gasteiger partial charge on any atom is 0.323 e. The Hall–Kier alpha value is -4.87. The molecule has 6 rings (SSSR count). The Bertz CT molecular complexity index is 1700. The van der Waals surface area contributed by atoms with E-state index in [9.17, 15) is 9.59 Å². The number of hydrogen-bond donors (Lipinski definition) is 3. The van der Waals surface area contributed by atoms with E-state index in [0.717, 1.165) is 45.5 Å². The van der Waals surface area contributed by atoms with Crippen molar-refractivity contribution in [2.24, 2.45) is 5.16 Å². The summed E-state index contributed by atoms with van der Waals surface area (Å²) in [6.45, 7) is 2.38. The van der Waals surface area contributed by atoms with Gasteiger partial charge in [0.05, 0.1) is 12.3 Å². The zero-order valence-corrected chi connectivity index (χ0v) is 28.1. The van der Waals surface area contributed by atoms with Crippen LogP contribution in [0.25, 0.3) is 11.1 Å². The summed E-state index contributed by atoms with van der Waals surface area (Å²) in [5.74, 6) is -0.489. The van der Waals surface area contributed by atoms with Gasteiger partial charge in [0.15, 0.2) is 0 Å². The highest BCUT2D eigenvalue weighted by Crippen LogP contribution is 2.23. The van der Waals surface area contributed by atoms with Crippen molar-refractivity contribution in [2.45, 2.75) is 70.2 Å². The lowest BCUT2D eigenvalue weighted by Crippen LogP contribution is -2.51. The molecule has 10 nitrogen and oxygen atoms in total. The van der Waals surface area contributed by atoms with Gasteiger partial charge in [-0.05, 0) is 71.2 Å². The number of nitrogens with one attached hydrogen (secondary N) is 3. The lowest BCUT2D eigenvalue weighted by molar-refractivity contribution is -0.149. The number of piperidine rings is 2. The molecule has 3 N–H and O–H groups in total. The van der Waals surface area contributed by atoms with Gasteiger partial charge < -0.3 is 19.6 Å². The number of benzene rings is 4. The fourth-order valence-electron chi connectivity index (χ4n) is 5.96. The first-order valence-electron chi connectivity index (χ1n) is 17.2. The molecule has 260 valence electrons. The first-order chi connectivity index (χ1) is 24.6. The van der Waals surface area contributed by atoms with Crippen molar-refractivity contribution in [3.8, 4) is 11.1 Å². The first kappa shape index (κ1) is 35.0. The largest absolute Gasteiger partial charge is 0.460 e. The summed E-state index contributed by atoms with van der Waals surface area (Å²) in [5, 5.41) is 10.7. The van der Waals surface area contributed by atoms with Gasteiger partial charge in [0.2, 0.25) is 0 Å². The van der Waals surface area contributed by atoms with E-state index in [1.807, 2.05) is 97.1 Å². The molecule has 3 unspecified atom stereocenters. The summed E-state index contributed by atoms with van der Waals surface area (Å²) in [6.07, 6.45) is 2.76. The lowest BCUT2D eigenvalue weighted by Gasteiger charge is -2.28. The molecule has 3 atom stereocenters. The second kappa shape index (κ2) is 18.2. The molecule has 0 aromatic heterocycles. The Morgan fingerprint density at radius 3 is 1.82 bits per heavy atom. The van der Waals surface area contributed by atoms with Crippen LogP contribution in [0.3, 0.4) is 0 Å². The van der Waals surface area contributed by atoms with Crippen molar-refractivity contribution in [2.75, 3.05) is 13.1 Å². The van der Waals surface area contributed by atoms with Crippen molar-refractivity contribution in [1.29, 1.82) is 0 Å². The van der Waals surface area contributed by atoms with Gasteiger partial charge in [0, 0.05) is 19.1 Å². The lowest BCUT2D eigenvalue weighted by atomic mass is 10.0. The molecular formula is C40H44N4O6. The molecule has 0 radical (unpaired) electrons. The highest BCUT2D eigenvalue weighted by atomic mass is 16.6. The van der Waals surface area contributed by atoms with Crippen LogP contribution in [0.4, 0.5) is 0 Å². The predicted octanol–water partition coefficient (Wildman–Crippen LogP) is 5.61. The minimum absolute atomic E-state index is 0.0914. The van der Waals surface area contributed by atoms with Crippen LogP contribution < -0.4 is 16.1 Å². The SMILES string of the molecule is O=C(OCc1cccc(-c2cccc(CONC3CCC(C(=O)OCc4ccccc4)NC3)c2)c1)C1CC/C(=N/OCc2ccccc2)CN1. The van der Waals surface area contributed by atoms with Crippen LogP contribution in [-0.4, -0.2) is 48.9 Å². The standard InChI is InChI=1S/C40H44N4O6/c45-39(47-25-29-9-3-1-4-10-29)37-19-18-36(24-41-37)44-50-28-32-14-8-16-34(22-32)33-15-7-13-31(21-33)26-48-40(46)38-20-17-35(23-42-38)43-49-27-30-11-5-2-6-12-30/h1-16,21-22,36-38,41-42,44H,17-20,23-28H2/b43-35-. The third-order valence-electron chi connectivity index (χ3n) is 8.81. The summed E-state index contributed by atoms with van der Waals surface area (Å²) in [6, 6.07) is 35.2. The number of nitrogens with zero attached hydrogens (tertiary/aromatic N) is 1. The highest BCUT2D eigenvalue weighted by molar-refractivity contribution is 5.89. The zero-order valence-electron chi connectivity index (χ0n) is 28.1. The minimum atomic E-state index is -0.371. The van der Waals surface area contributed by atoms with E-state index in [2.05, 4.69) is 33.4 Å². The molecule has 10 heteroatoms. The number of hydrogen-bond acceptors (Lipinski definition) is 10. The van der Waals surface area contributed by atoms with Crippen molar-refractivity contribution in [3.63, 3.8) is 0 Å². The number of oxime groups is 1. The Kier molecular flexibility index (Phi) is 12.7. The molecule has 4 aromatic rings. The van der Waals surface area contributed by atoms with Crippen LogP contribution >= 0.6 is 0 Å². The van der Waals surface area contributed by atoms with E-state index in [1.165, 1.54) is 0 Å². The van der Waals surface area contributed by atoms with Crippen LogP contribution in [0.1, 0.15) is 47.9 Å². The zero-order chi connectivity index (χ0) is 34.4. The summed E-state index contributed by atoms with van der Waals surface area (Å²) in [4.78, 5) is 36.6. The van der Waals surface area contributed by atoms with Crippen LogP contribution in [-0.2, 0) is 55.2 Å². The van der Waals surface area contributed by atoms with Gasteiger partial charge >= 0.3 is 11.9 Å². The molecule has 4 aromatic carbocycles. The summed E-state index contributed by atoms with van der Waals surface area (Å²) < 4.78 is 11.2. The van der Waals surface area contributed by atoms with E-state index in [-0.39, 0.29) is 43.3 Å². The van der Waals surface area contributed by atoms with Crippen LogP contribution in [0.5, 0.6) is 0 Å².